The lowest BCUT2D eigenvalue weighted by atomic mass is 9.95. The highest BCUT2D eigenvalue weighted by atomic mass is 32.1. The number of aromatic nitrogens is 3. The fourth-order valence-electron chi connectivity index (χ4n) is 4.82. The summed E-state index contributed by atoms with van der Waals surface area (Å²) in [4.78, 5) is 47.2. The van der Waals surface area contributed by atoms with Gasteiger partial charge in [0.1, 0.15) is 5.01 Å². The van der Waals surface area contributed by atoms with Crippen molar-refractivity contribution in [1.29, 1.82) is 0 Å². The van der Waals surface area contributed by atoms with Crippen molar-refractivity contribution in [2.45, 2.75) is 26.4 Å². The molecule has 2 aliphatic rings. The number of hydrogen-bond donors (Lipinski definition) is 1. The summed E-state index contributed by atoms with van der Waals surface area (Å²) in [5.74, 6) is -0.982. The zero-order chi connectivity index (χ0) is 24.8. The Morgan fingerprint density at radius 2 is 1.75 bits per heavy atom. The van der Waals surface area contributed by atoms with Gasteiger partial charge in [0.05, 0.1) is 28.8 Å². The number of likely N-dealkylation sites (N-methyl/N-ethyl adjacent to an activating group) is 1. The van der Waals surface area contributed by atoms with Crippen LogP contribution < -0.4 is 5.32 Å². The number of carbonyl (C=O) groups excluding carboxylic acids is 3. The molecule has 0 spiro atoms. The van der Waals surface area contributed by atoms with Gasteiger partial charge in [-0.2, -0.15) is 0 Å². The molecule has 2 aromatic heterocycles. The number of rotatable bonds is 5. The smallest absolute Gasteiger partial charge is 0.261 e. The van der Waals surface area contributed by atoms with Crippen LogP contribution in [-0.4, -0.2) is 55.8 Å². The van der Waals surface area contributed by atoms with E-state index in [0.717, 1.165) is 57.9 Å². The minimum Gasteiger partial charge on any atom is -0.299 e. The molecule has 0 aliphatic carbocycles. The second kappa shape index (κ2) is 8.89. The molecule has 6 rings (SSSR count). The summed E-state index contributed by atoms with van der Waals surface area (Å²) in [5.41, 5.74) is 4.05. The van der Waals surface area contributed by atoms with E-state index in [9.17, 15) is 14.4 Å². The number of hydrogen-bond acceptors (Lipinski definition) is 8. The number of nitrogens with one attached hydrogen (secondary N) is 1. The summed E-state index contributed by atoms with van der Waals surface area (Å²) >= 11 is 1.15. The summed E-state index contributed by atoms with van der Waals surface area (Å²) in [7, 11) is 0. The van der Waals surface area contributed by atoms with Crippen molar-refractivity contribution in [1.82, 2.24) is 25.0 Å². The first-order valence-corrected chi connectivity index (χ1v) is 12.6. The molecule has 0 saturated carbocycles. The van der Waals surface area contributed by atoms with Gasteiger partial charge in [0.15, 0.2) is 0 Å². The number of nitrogens with zero attached hydrogens (tertiary/aromatic N) is 5. The van der Waals surface area contributed by atoms with E-state index in [-0.39, 0.29) is 24.3 Å². The van der Waals surface area contributed by atoms with Crippen LogP contribution in [0.4, 0.5) is 5.13 Å². The molecule has 1 N–H and O–H groups in total. The lowest BCUT2D eigenvalue weighted by molar-refractivity contribution is 0.0641. The summed E-state index contributed by atoms with van der Waals surface area (Å²) in [6, 6.07) is 14.4. The largest absolute Gasteiger partial charge is 0.299 e. The Hall–Kier alpha value is -4.02. The summed E-state index contributed by atoms with van der Waals surface area (Å²) < 4.78 is 0. The standard InChI is InChI=1S/C26H22N6O3S/c1-2-31-12-11-20-18(13-31)22(17-9-5-6-10-19(17)27-20)23(33)28-26-30-29-21(36-26)14-32-24(34)15-7-3-4-8-16(15)25(32)35/h3-10H,2,11-14H2,1H3,(H,28,30,33). The third-order valence-corrected chi connectivity index (χ3v) is 7.48. The van der Waals surface area contributed by atoms with Gasteiger partial charge in [-0.25, -0.2) is 0 Å². The minimum atomic E-state index is -0.355. The van der Waals surface area contributed by atoms with Gasteiger partial charge >= 0.3 is 0 Å². The Kier molecular flexibility index (Phi) is 5.54. The van der Waals surface area contributed by atoms with E-state index in [0.29, 0.717) is 33.4 Å². The van der Waals surface area contributed by atoms with Gasteiger partial charge in [0.25, 0.3) is 17.7 Å². The molecular formula is C26H22N6O3S. The molecule has 10 heteroatoms. The highest BCUT2D eigenvalue weighted by Crippen LogP contribution is 2.30. The topological polar surface area (TPSA) is 108 Å². The second-order valence-corrected chi connectivity index (χ2v) is 9.81. The molecule has 180 valence electrons. The number of carbonyl (C=O) groups is 3. The summed E-state index contributed by atoms with van der Waals surface area (Å²) in [5, 5.41) is 12.7. The molecule has 0 atom stereocenters. The van der Waals surface area contributed by atoms with E-state index in [2.05, 4.69) is 27.3 Å². The van der Waals surface area contributed by atoms with Crippen LogP contribution in [0, 0.1) is 0 Å². The number of benzene rings is 2. The third-order valence-electron chi connectivity index (χ3n) is 6.66. The molecule has 3 amide bonds. The van der Waals surface area contributed by atoms with Crippen molar-refractivity contribution in [2.24, 2.45) is 0 Å². The van der Waals surface area contributed by atoms with Gasteiger partial charge in [-0.1, -0.05) is 48.6 Å². The van der Waals surface area contributed by atoms with Gasteiger partial charge in [0, 0.05) is 36.2 Å². The monoisotopic (exact) mass is 498 g/mol. The highest BCUT2D eigenvalue weighted by molar-refractivity contribution is 7.15. The Morgan fingerprint density at radius 3 is 2.50 bits per heavy atom. The predicted octanol–water partition coefficient (Wildman–Crippen LogP) is 3.51. The molecule has 2 aliphatic heterocycles. The number of para-hydroxylation sites is 1. The highest BCUT2D eigenvalue weighted by Gasteiger charge is 2.36. The molecule has 4 heterocycles. The Labute approximate surface area is 210 Å². The van der Waals surface area contributed by atoms with E-state index in [1.165, 1.54) is 0 Å². The zero-order valence-electron chi connectivity index (χ0n) is 19.5. The van der Waals surface area contributed by atoms with Crippen LogP contribution in [-0.2, 0) is 19.5 Å². The average molecular weight is 499 g/mol. The van der Waals surface area contributed by atoms with Crippen LogP contribution in [0.2, 0.25) is 0 Å². The molecule has 0 saturated heterocycles. The Morgan fingerprint density at radius 1 is 1.03 bits per heavy atom. The maximum atomic E-state index is 13.6. The maximum absolute atomic E-state index is 13.6. The van der Waals surface area contributed by atoms with Crippen molar-refractivity contribution in [3.8, 4) is 0 Å². The predicted molar refractivity (Wildman–Crippen MR) is 135 cm³/mol. The lowest BCUT2D eigenvalue weighted by Gasteiger charge is -2.29. The number of imide groups is 1. The van der Waals surface area contributed by atoms with Gasteiger partial charge in [-0.15, -0.1) is 10.2 Å². The van der Waals surface area contributed by atoms with Gasteiger partial charge in [0.2, 0.25) is 5.13 Å². The van der Waals surface area contributed by atoms with E-state index in [4.69, 9.17) is 4.98 Å². The van der Waals surface area contributed by atoms with Crippen LogP contribution in [0.25, 0.3) is 10.9 Å². The fourth-order valence-corrected chi connectivity index (χ4v) is 5.54. The Bertz CT molecular complexity index is 1510. The van der Waals surface area contributed by atoms with Gasteiger partial charge in [-0.05, 0) is 24.7 Å². The Balaban J connectivity index is 1.27. The molecule has 0 bridgehead atoms. The van der Waals surface area contributed by atoms with Gasteiger partial charge in [-0.3, -0.25) is 34.5 Å². The molecule has 0 unspecified atom stereocenters. The SMILES string of the molecule is CCN1CCc2nc3ccccc3c(C(=O)Nc3nnc(CN4C(=O)c5ccccc5C4=O)s3)c2C1. The van der Waals surface area contributed by atoms with Crippen molar-refractivity contribution in [2.75, 3.05) is 18.4 Å². The van der Waals surface area contributed by atoms with E-state index in [1.807, 2.05) is 24.3 Å². The van der Waals surface area contributed by atoms with Crippen LogP contribution in [0.5, 0.6) is 0 Å². The number of amides is 3. The molecule has 0 radical (unpaired) electrons. The van der Waals surface area contributed by atoms with E-state index in [1.54, 1.807) is 24.3 Å². The summed E-state index contributed by atoms with van der Waals surface area (Å²) in [6.45, 7) is 4.57. The van der Waals surface area contributed by atoms with Crippen LogP contribution in [0.1, 0.15) is 54.3 Å². The first kappa shape index (κ1) is 22.4. The molecule has 0 fully saturated rings. The van der Waals surface area contributed by atoms with Gasteiger partial charge < -0.3 is 0 Å². The fraction of sp³-hybridized carbons (Fsp3) is 0.231. The quantitative estimate of drug-likeness (QED) is 0.420. The molecule has 2 aromatic carbocycles. The van der Waals surface area contributed by atoms with Crippen LogP contribution in [0.3, 0.4) is 0 Å². The molecule has 4 aromatic rings. The number of fused-ring (bicyclic) bond motifs is 3. The maximum Gasteiger partial charge on any atom is 0.261 e. The van der Waals surface area contributed by atoms with Crippen LogP contribution in [0.15, 0.2) is 48.5 Å². The number of pyridine rings is 1. The average Bonchev–Trinajstić information content (AvgIpc) is 3.44. The van der Waals surface area contributed by atoms with E-state index >= 15 is 0 Å². The first-order chi connectivity index (χ1) is 17.5. The minimum absolute atomic E-state index is 0.00106. The normalized spacial score (nSPS) is 15.3. The third kappa shape index (κ3) is 3.75. The summed E-state index contributed by atoms with van der Waals surface area (Å²) in [6.07, 6.45) is 0.789. The molecule has 9 nitrogen and oxygen atoms in total. The number of anilines is 1. The molecular weight excluding hydrogens is 476 g/mol. The first-order valence-electron chi connectivity index (χ1n) is 11.7. The zero-order valence-corrected chi connectivity index (χ0v) is 20.3. The van der Waals surface area contributed by atoms with Crippen molar-refractivity contribution in [3.63, 3.8) is 0 Å². The lowest BCUT2D eigenvalue weighted by Crippen LogP contribution is -2.33. The van der Waals surface area contributed by atoms with Crippen LogP contribution >= 0.6 is 11.3 Å². The van der Waals surface area contributed by atoms with E-state index < -0.39 is 0 Å². The van der Waals surface area contributed by atoms with Crippen molar-refractivity contribution >= 4 is 45.1 Å². The molecule has 36 heavy (non-hydrogen) atoms. The van der Waals surface area contributed by atoms with Crippen molar-refractivity contribution in [3.05, 3.63) is 81.5 Å². The second-order valence-electron chi connectivity index (χ2n) is 8.75. The van der Waals surface area contributed by atoms with Crippen molar-refractivity contribution < 1.29 is 14.4 Å².